The van der Waals surface area contributed by atoms with Gasteiger partial charge in [-0.05, 0) is 107 Å². The van der Waals surface area contributed by atoms with E-state index in [9.17, 15) is 0 Å². The zero-order valence-electron chi connectivity index (χ0n) is 32.5. The van der Waals surface area contributed by atoms with Gasteiger partial charge in [0.15, 0.2) is 0 Å². The van der Waals surface area contributed by atoms with Crippen LogP contribution in [0.15, 0.2) is 237 Å². The Kier molecular flexibility index (Phi) is 8.56. The van der Waals surface area contributed by atoms with Crippen molar-refractivity contribution in [2.75, 3.05) is 4.90 Å². The molecule has 0 fully saturated rings. The fourth-order valence-corrected chi connectivity index (χ4v) is 9.24. The summed E-state index contributed by atoms with van der Waals surface area (Å²) in [6, 6.07) is 86.1. The van der Waals surface area contributed by atoms with Crippen molar-refractivity contribution in [2.45, 2.75) is 0 Å². The molecule has 11 rings (SSSR count). The number of hydrogen-bond acceptors (Lipinski definition) is 1. The second-order valence-corrected chi connectivity index (χ2v) is 15.2. The Hall–Kier alpha value is -7.74. The summed E-state index contributed by atoms with van der Waals surface area (Å²) in [5.41, 5.74) is 13.3. The first-order valence-corrected chi connectivity index (χ1v) is 20.4. The molecule has 0 bridgehead atoms. The summed E-state index contributed by atoms with van der Waals surface area (Å²) in [4.78, 5) is 2.41. The standard InChI is InChI=1S/C58H39N/c1-5-19-40(20-6-1)44-37-38-51-54(39-44)57(41-21-7-2-8-22-41)48-28-14-13-27-47(48)55(51)42-33-35-43(36-34-42)56-49-29-15-17-31-52(49)58(53-32-18-16-30-50(53)56)59(45-23-9-3-10-24-45)46-25-11-4-12-26-46/h1-39H. The molecule has 0 atom stereocenters. The molecule has 1 heteroatoms. The summed E-state index contributed by atoms with van der Waals surface area (Å²) in [5, 5.41) is 9.87. The Bertz CT molecular complexity index is 3190. The summed E-state index contributed by atoms with van der Waals surface area (Å²) in [7, 11) is 0. The predicted octanol–water partition coefficient (Wildman–Crippen LogP) is 16.4. The number of anilines is 3. The van der Waals surface area contributed by atoms with Gasteiger partial charge in [0, 0.05) is 22.1 Å². The van der Waals surface area contributed by atoms with E-state index in [1.807, 2.05) is 0 Å². The molecule has 0 aliphatic heterocycles. The van der Waals surface area contributed by atoms with Gasteiger partial charge < -0.3 is 4.90 Å². The van der Waals surface area contributed by atoms with Gasteiger partial charge in [-0.2, -0.15) is 0 Å². The van der Waals surface area contributed by atoms with Crippen molar-refractivity contribution >= 4 is 60.2 Å². The number of fused-ring (bicyclic) bond motifs is 4. The smallest absolute Gasteiger partial charge is 0.0618 e. The molecule has 0 saturated carbocycles. The highest BCUT2D eigenvalue weighted by molar-refractivity contribution is 6.24. The van der Waals surface area contributed by atoms with Crippen molar-refractivity contribution in [2.24, 2.45) is 0 Å². The van der Waals surface area contributed by atoms with Crippen LogP contribution < -0.4 is 4.90 Å². The third-order valence-corrected chi connectivity index (χ3v) is 11.8. The van der Waals surface area contributed by atoms with Crippen LogP contribution in [0.3, 0.4) is 0 Å². The highest BCUT2D eigenvalue weighted by atomic mass is 15.1. The van der Waals surface area contributed by atoms with Crippen LogP contribution in [0.2, 0.25) is 0 Å². The van der Waals surface area contributed by atoms with Gasteiger partial charge in [0.2, 0.25) is 0 Å². The van der Waals surface area contributed by atoms with E-state index in [2.05, 4.69) is 241 Å². The number of hydrogen-bond donors (Lipinski definition) is 0. The summed E-state index contributed by atoms with van der Waals surface area (Å²) in [6.45, 7) is 0. The summed E-state index contributed by atoms with van der Waals surface area (Å²) in [5.74, 6) is 0. The minimum absolute atomic E-state index is 1.12. The Morgan fingerprint density at radius 1 is 0.203 bits per heavy atom. The molecule has 0 aliphatic rings. The van der Waals surface area contributed by atoms with Crippen molar-refractivity contribution in [3.8, 4) is 44.5 Å². The molecule has 0 N–H and O–H groups in total. The molecule has 11 aromatic carbocycles. The molecular formula is C58H39N. The molecule has 0 spiro atoms. The SMILES string of the molecule is c1ccc(-c2ccc3c(-c4ccc(-c5c6ccccc6c(N(c6ccccc6)c6ccccc6)c6ccccc56)cc4)c4ccccc4c(-c4ccccc4)c3c2)cc1. The summed E-state index contributed by atoms with van der Waals surface area (Å²) in [6.07, 6.45) is 0. The van der Waals surface area contributed by atoms with Crippen molar-refractivity contribution < 1.29 is 0 Å². The maximum absolute atomic E-state index is 2.41. The Labute approximate surface area is 344 Å². The fraction of sp³-hybridized carbons (Fsp3) is 0. The van der Waals surface area contributed by atoms with Crippen LogP contribution in [0.4, 0.5) is 17.1 Å². The maximum Gasteiger partial charge on any atom is 0.0618 e. The number of rotatable bonds is 7. The zero-order chi connectivity index (χ0) is 39.1. The van der Waals surface area contributed by atoms with E-state index >= 15 is 0 Å². The molecular weight excluding hydrogens is 711 g/mol. The van der Waals surface area contributed by atoms with Crippen LogP contribution in [0, 0.1) is 0 Å². The molecule has 0 aromatic heterocycles. The topological polar surface area (TPSA) is 3.24 Å². The van der Waals surface area contributed by atoms with Gasteiger partial charge >= 0.3 is 0 Å². The van der Waals surface area contributed by atoms with Crippen molar-refractivity contribution in [1.29, 1.82) is 0 Å². The first kappa shape index (κ1) is 34.5. The molecule has 0 aliphatic carbocycles. The quantitative estimate of drug-likeness (QED) is 0.147. The van der Waals surface area contributed by atoms with Gasteiger partial charge in [-0.1, -0.05) is 206 Å². The van der Waals surface area contributed by atoms with Gasteiger partial charge in [-0.3, -0.25) is 0 Å². The molecule has 59 heavy (non-hydrogen) atoms. The minimum atomic E-state index is 1.12. The second kappa shape index (κ2) is 14.6. The van der Waals surface area contributed by atoms with Gasteiger partial charge in [-0.25, -0.2) is 0 Å². The average Bonchev–Trinajstić information content (AvgIpc) is 3.32. The number of nitrogens with zero attached hydrogens (tertiary/aromatic N) is 1. The summed E-state index contributed by atoms with van der Waals surface area (Å²) < 4.78 is 0. The molecule has 276 valence electrons. The van der Waals surface area contributed by atoms with Gasteiger partial charge in [0.05, 0.1) is 5.69 Å². The molecule has 0 heterocycles. The Morgan fingerprint density at radius 2 is 0.508 bits per heavy atom. The van der Waals surface area contributed by atoms with Crippen LogP contribution in [0.5, 0.6) is 0 Å². The van der Waals surface area contributed by atoms with Gasteiger partial charge in [0.25, 0.3) is 0 Å². The first-order valence-electron chi connectivity index (χ1n) is 20.4. The lowest BCUT2D eigenvalue weighted by molar-refractivity contribution is 1.31. The zero-order valence-corrected chi connectivity index (χ0v) is 32.5. The molecule has 0 amide bonds. The van der Waals surface area contributed by atoms with Gasteiger partial charge in [-0.15, -0.1) is 0 Å². The second-order valence-electron chi connectivity index (χ2n) is 15.2. The average molecular weight is 750 g/mol. The van der Waals surface area contributed by atoms with E-state index in [0.29, 0.717) is 0 Å². The van der Waals surface area contributed by atoms with Crippen molar-refractivity contribution in [1.82, 2.24) is 0 Å². The first-order chi connectivity index (χ1) is 29.3. The van der Waals surface area contributed by atoms with Crippen LogP contribution in [-0.2, 0) is 0 Å². The van der Waals surface area contributed by atoms with E-state index in [4.69, 9.17) is 0 Å². The van der Waals surface area contributed by atoms with E-state index in [1.54, 1.807) is 0 Å². The largest absolute Gasteiger partial charge is 0.309 e. The molecule has 0 unspecified atom stereocenters. The van der Waals surface area contributed by atoms with E-state index in [0.717, 1.165) is 11.4 Å². The van der Waals surface area contributed by atoms with Crippen molar-refractivity contribution in [3.05, 3.63) is 237 Å². The lowest BCUT2D eigenvalue weighted by Crippen LogP contribution is -2.11. The molecule has 11 aromatic rings. The predicted molar refractivity (Wildman–Crippen MR) is 253 cm³/mol. The highest BCUT2D eigenvalue weighted by Gasteiger charge is 2.23. The maximum atomic E-state index is 2.41. The van der Waals surface area contributed by atoms with E-state index in [-0.39, 0.29) is 0 Å². The normalized spacial score (nSPS) is 11.4. The van der Waals surface area contributed by atoms with Crippen LogP contribution in [0.1, 0.15) is 0 Å². The van der Waals surface area contributed by atoms with Crippen molar-refractivity contribution in [3.63, 3.8) is 0 Å². The lowest BCUT2D eigenvalue weighted by Gasteiger charge is -2.29. The monoisotopic (exact) mass is 749 g/mol. The van der Waals surface area contributed by atoms with E-state index < -0.39 is 0 Å². The third-order valence-electron chi connectivity index (χ3n) is 11.8. The molecule has 0 radical (unpaired) electrons. The summed E-state index contributed by atoms with van der Waals surface area (Å²) >= 11 is 0. The van der Waals surface area contributed by atoms with E-state index in [1.165, 1.54) is 93.3 Å². The Morgan fingerprint density at radius 3 is 0.966 bits per heavy atom. The molecule has 1 nitrogen and oxygen atoms in total. The molecule has 0 saturated heterocycles. The Balaban J connectivity index is 1.13. The minimum Gasteiger partial charge on any atom is -0.309 e. The van der Waals surface area contributed by atoms with Crippen LogP contribution >= 0.6 is 0 Å². The lowest BCUT2D eigenvalue weighted by atomic mass is 9.84. The van der Waals surface area contributed by atoms with Crippen LogP contribution in [0.25, 0.3) is 87.6 Å². The fourth-order valence-electron chi connectivity index (χ4n) is 9.24. The highest BCUT2D eigenvalue weighted by Crippen LogP contribution is 2.49. The number of para-hydroxylation sites is 2. The van der Waals surface area contributed by atoms with Crippen LogP contribution in [-0.4, -0.2) is 0 Å². The van der Waals surface area contributed by atoms with Gasteiger partial charge in [0.1, 0.15) is 0 Å². The third kappa shape index (κ3) is 5.95. The number of benzene rings is 11.